The Labute approximate surface area is 121 Å². The number of carbonyl (C=O) groups is 2. The molecule has 1 saturated carbocycles. The van der Waals surface area contributed by atoms with Gasteiger partial charge in [0.25, 0.3) is 11.7 Å². The third kappa shape index (κ3) is 2.02. The van der Waals surface area contributed by atoms with E-state index >= 15 is 0 Å². The lowest BCUT2D eigenvalue weighted by Crippen LogP contribution is -2.40. The van der Waals surface area contributed by atoms with E-state index < -0.39 is 0 Å². The van der Waals surface area contributed by atoms with Gasteiger partial charge in [-0.1, -0.05) is 40.9 Å². The van der Waals surface area contributed by atoms with Crippen LogP contribution >= 0.6 is 15.9 Å². The summed E-state index contributed by atoms with van der Waals surface area (Å²) >= 11 is 3.59. The maximum atomic E-state index is 12.2. The Bertz CT molecular complexity index is 535. The molecular weight excluding hydrogens is 306 g/mol. The second kappa shape index (κ2) is 4.75. The van der Waals surface area contributed by atoms with Crippen LogP contribution in [0.1, 0.15) is 36.0 Å². The van der Waals surface area contributed by atoms with Gasteiger partial charge < -0.3 is 4.90 Å². The van der Waals surface area contributed by atoms with E-state index in [0.29, 0.717) is 12.1 Å². The summed E-state index contributed by atoms with van der Waals surface area (Å²) in [6.45, 7) is 0.653. The fraction of sp³-hybridized carbons (Fsp3) is 0.467. The number of anilines is 1. The highest BCUT2D eigenvalue weighted by molar-refractivity contribution is 9.09. The third-order valence-electron chi connectivity index (χ3n) is 4.32. The minimum atomic E-state index is -0.367. The van der Waals surface area contributed by atoms with Crippen molar-refractivity contribution in [2.24, 2.45) is 5.41 Å². The van der Waals surface area contributed by atoms with Crippen molar-refractivity contribution in [2.45, 2.75) is 25.7 Å². The van der Waals surface area contributed by atoms with Gasteiger partial charge in [0.15, 0.2) is 0 Å². The average Bonchev–Trinajstić information content (AvgIpc) is 3.00. The Hall–Kier alpha value is -1.16. The number of fused-ring (bicyclic) bond motifs is 1. The highest BCUT2D eigenvalue weighted by Gasteiger charge is 2.42. The van der Waals surface area contributed by atoms with Crippen LogP contribution in [-0.4, -0.2) is 23.6 Å². The molecule has 2 aliphatic rings. The van der Waals surface area contributed by atoms with Crippen molar-refractivity contribution in [1.82, 2.24) is 0 Å². The topological polar surface area (TPSA) is 37.4 Å². The third-order valence-corrected chi connectivity index (χ3v) is 5.51. The predicted octanol–water partition coefficient (Wildman–Crippen LogP) is 3.17. The Kier molecular flexibility index (Phi) is 3.21. The lowest BCUT2D eigenvalue weighted by atomic mass is 9.88. The average molecular weight is 322 g/mol. The van der Waals surface area contributed by atoms with Gasteiger partial charge in [0.1, 0.15) is 0 Å². The first-order valence-corrected chi connectivity index (χ1v) is 7.80. The van der Waals surface area contributed by atoms with E-state index in [2.05, 4.69) is 15.9 Å². The molecule has 0 saturated heterocycles. The first-order chi connectivity index (χ1) is 9.17. The van der Waals surface area contributed by atoms with Crippen LogP contribution in [0.15, 0.2) is 24.3 Å². The largest absolute Gasteiger partial charge is 0.304 e. The van der Waals surface area contributed by atoms with Crippen LogP contribution in [0.4, 0.5) is 5.69 Å². The van der Waals surface area contributed by atoms with Gasteiger partial charge in [0.2, 0.25) is 0 Å². The quantitative estimate of drug-likeness (QED) is 0.633. The summed E-state index contributed by atoms with van der Waals surface area (Å²) in [4.78, 5) is 25.8. The van der Waals surface area contributed by atoms with Crippen molar-refractivity contribution in [2.75, 3.05) is 16.8 Å². The van der Waals surface area contributed by atoms with E-state index in [1.165, 1.54) is 12.8 Å². The molecule has 1 aliphatic carbocycles. The molecule has 4 heteroatoms. The highest BCUT2D eigenvalue weighted by Crippen LogP contribution is 2.42. The number of amides is 1. The molecule has 0 unspecified atom stereocenters. The minimum absolute atomic E-state index is 0.132. The van der Waals surface area contributed by atoms with Gasteiger partial charge >= 0.3 is 0 Å². The molecule has 3 rings (SSSR count). The van der Waals surface area contributed by atoms with Crippen LogP contribution in [0, 0.1) is 5.41 Å². The highest BCUT2D eigenvalue weighted by atomic mass is 79.9. The number of benzene rings is 1. The summed E-state index contributed by atoms with van der Waals surface area (Å²) in [5, 5.41) is 0.889. The van der Waals surface area contributed by atoms with Crippen LogP contribution in [0.5, 0.6) is 0 Å². The monoisotopic (exact) mass is 321 g/mol. The Morgan fingerprint density at radius 3 is 2.53 bits per heavy atom. The molecule has 100 valence electrons. The maximum Gasteiger partial charge on any atom is 0.299 e. The smallest absolute Gasteiger partial charge is 0.299 e. The summed E-state index contributed by atoms with van der Waals surface area (Å²) in [5.41, 5.74) is 1.47. The first kappa shape index (κ1) is 12.9. The van der Waals surface area contributed by atoms with Crippen molar-refractivity contribution in [3.8, 4) is 0 Å². The number of rotatable bonds is 3. The molecule has 1 aromatic carbocycles. The Morgan fingerprint density at radius 2 is 1.84 bits per heavy atom. The van der Waals surface area contributed by atoms with Crippen molar-refractivity contribution in [1.29, 1.82) is 0 Å². The number of alkyl halides is 1. The zero-order valence-electron chi connectivity index (χ0n) is 10.7. The lowest BCUT2D eigenvalue weighted by molar-refractivity contribution is -0.114. The SMILES string of the molecule is O=C1C(=O)N(CC2(CBr)CCCC2)c2ccccc21. The van der Waals surface area contributed by atoms with E-state index in [1.54, 1.807) is 11.0 Å². The van der Waals surface area contributed by atoms with Gasteiger partial charge in [-0.05, 0) is 30.4 Å². The molecule has 0 radical (unpaired) electrons. The summed E-state index contributed by atoms with van der Waals surface area (Å²) in [6.07, 6.45) is 4.67. The summed E-state index contributed by atoms with van der Waals surface area (Å²) in [5.74, 6) is -0.730. The molecule has 1 amide bonds. The van der Waals surface area contributed by atoms with E-state index in [1.807, 2.05) is 18.2 Å². The van der Waals surface area contributed by atoms with Gasteiger partial charge in [-0.15, -0.1) is 0 Å². The fourth-order valence-corrected chi connectivity index (χ4v) is 3.94. The summed E-state index contributed by atoms with van der Waals surface area (Å²) < 4.78 is 0. The number of ketones is 1. The lowest BCUT2D eigenvalue weighted by Gasteiger charge is -2.31. The first-order valence-electron chi connectivity index (χ1n) is 6.68. The zero-order chi connectivity index (χ0) is 13.5. The number of hydrogen-bond donors (Lipinski definition) is 0. The maximum absolute atomic E-state index is 12.2. The Balaban J connectivity index is 1.93. The second-order valence-corrected chi connectivity index (χ2v) is 6.14. The minimum Gasteiger partial charge on any atom is -0.304 e. The van der Waals surface area contributed by atoms with Crippen LogP contribution in [0.25, 0.3) is 0 Å². The molecule has 0 N–H and O–H groups in total. The predicted molar refractivity (Wildman–Crippen MR) is 77.8 cm³/mol. The van der Waals surface area contributed by atoms with Crippen LogP contribution in [0.3, 0.4) is 0 Å². The number of hydrogen-bond acceptors (Lipinski definition) is 2. The van der Waals surface area contributed by atoms with Crippen LogP contribution in [-0.2, 0) is 4.79 Å². The number of halogens is 1. The molecule has 1 aliphatic heterocycles. The van der Waals surface area contributed by atoms with Gasteiger partial charge in [-0.25, -0.2) is 0 Å². The molecule has 1 fully saturated rings. The van der Waals surface area contributed by atoms with Gasteiger partial charge in [0, 0.05) is 11.9 Å². The van der Waals surface area contributed by atoms with Crippen LogP contribution < -0.4 is 4.90 Å². The molecule has 1 heterocycles. The number of nitrogens with zero attached hydrogens (tertiary/aromatic N) is 1. The number of Topliss-reactive ketones (excluding diaryl/α,β-unsaturated/α-hetero) is 1. The Morgan fingerprint density at radius 1 is 1.16 bits per heavy atom. The molecule has 0 aromatic heterocycles. The molecule has 3 nitrogen and oxygen atoms in total. The van der Waals surface area contributed by atoms with Crippen LogP contribution in [0.2, 0.25) is 0 Å². The molecule has 0 spiro atoms. The van der Waals surface area contributed by atoms with E-state index in [-0.39, 0.29) is 17.1 Å². The molecule has 1 aromatic rings. The van der Waals surface area contributed by atoms with Gasteiger partial charge in [-0.2, -0.15) is 0 Å². The van der Waals surface area contributed by atoms with Crippen molar-refractivity contribution < 1.29 is 9.59 Å². The normalized spacial score (nSPS) is 21.0. The number of para-hydroxylation sites is 1. The van der Waals surface area contributed by atoms with Crippen molar-refractivity contribution >= 4 is 33.3 Å². The zero-order valence-corrected chi connectivity index (χ0v) is 12.3. The molecule has 0 bridgehead atoms. The van der Waals surface area contributed by atoms with Crippen molar-refractivity contribution in [3.63, 3.8) is 0 Å². The van der Waals surface area contributed by atoms with E-state index in [9.17, 15) is 9.59 Å². The molecule has 0 atom stereocenters. The number of carbonyl (C=O) groups excluding carboxylic acids is 2. The van der Waals surface area contributed by atoms with E-state index in [0.717, 1.165) is 23.9 Å². The summed E-state index contributed by atoms with van der Waals surface area (Å²) in [6, 6.07) is 7.30. The van der Waals surface area contributed by atoms with E-state index in [4.69, 9.17) is 0 Å². The second-order valence-electron chi connectivity index (χ2n) is 5.58. The van der Waals surface area contributed by atoms with Gasteiger partial charge in [0.05, 0.1) is 11.3 Å². The van der Waals surface area contributed by atoms with Crippen molar-refractivity contribution in [3.05, 3.63) is 29.8 Å². The molecular formula is C15H16BrNO2. The standard InChI is InChI=1S/C15H16BrNO2/c16-9-15(7-3-4-8-15)10-17-12-6-2-1-5-11(12)13(18)14(17)19/h1-2,5-6H,3-4,7-10H2. The fourth-order valence-electron chi connectivity index (χ4n) is 3.20. The molecule has 19 heavy (non-hydrogen) atoms. The van der Waals surface area contributed by atoms with Gasteiger partial charge in [-0.3, -0.25) is 9.59 Å². The summed E-state index contributed by atoms with van der Waals surface area (Å²) in [7, 11) is 0.